The van der Waals surface area contributed by atoms with Crippen LogP contribution in [0.1, 0.15) is 21.5 Å². The zero-order valence-corrected chi connectivity index (χ0v) is 15.5. The number of carbonyl (C=O) groups excluding carboxylic acids is 1. The molecule has 0 fully saturated rings. The number of benzene rings is 2. The summed E-state index contributed by atoms with van der Waals surface area (Å²) in [5.74, 6) is 0.572. The van der Waals surface area contributed by atoms with Gasteiger partial charge >= 0.3 is 5.97 Å². The Morgan fingerprint density at radius 2 is 2.04 bits per heavy atom. The van der Waals surface area contributed by atoms with Gasteiger partial charge in [0.15, 0.2) is 11.5 Å². The minimum Gasteiger partial charge on any atom is -0.457 e. The van der Waals surface area contributed by atoms with Gasteiger partial charge in [-0.2, -0.15) is 5.10 Å². The Balaban J connectivity index is 1.40. The number of nitrogens with zero attached hydrogens (tertiary/aromatic N) is 2. The second-order valence-electron chi connectivity index (χ2n) is 5.91. The highest BCUT2D eigenvalue weighted by Gasteiger charge is 2.19. The summed E-state index contributed by atoms with van der Waals surface area (Å²) in [5, 5.41) is 5.26. The molecule has 1 aliphatic heterocycles. The Morgan fingerprint density at radius 3 is 2.89 bits per heavy atom. The number of halogens is 2. The van der Waals surface area contributed by atoms with Crippen molar-refractivity contribution >= 4 is 29.2 Å². The fourth-order valence-electron chi connectivity index (χ4n) is 2.69. The molecule has 27 heavy (non-hydrogen) atoms. The van der Waals surface area contributed by atoms with Crippen LogP contribution in [0.25, 0.3) is 0 Å². The normalized spacial score (nSPS) is 12.2. The Labute approximate surface area is 165 Å². The predicted octanol–water partition coefficient (Wildman–Crippen LogP) is 4.32. The second kappa shape index (κ2) is 7.50. The summed E-state index contributed by atoms with van der Waals surface area (Å²) >= 11 is 12.3. The molecule has 0 saturated carbocycles. The number of carbonyl (C=O) groups is 1. The predicted molar refractivity (Wildman–Crippen MR) is 99.5 cm³/mol. The first kappa shape index (κ1) is 17.7. The van der Waals surface area contributed by atoms with Crippen molar-refractivity contribution in [2.45, 2.75) is 13.2 Å². The van der Waals surface area contributed by atoms with Gasteiger partial charge in [0.25, 0.3) is 0 Å². The summed E-state index contributed by atoms with van der Waals surface area (Å²) in [7, 11) is 0. The first-order valence-corrected chi connectivity index (χ1v) is 8.87. The minimum absolute atomic E-state index is 0.0604. The molecule has 0 amide bonds. The van der Waals surface area contributed by atoms with E-state index >= 15 is 0 Å². The van der Waals surface area contributed by atoms with E-state index in [9.17, 15) is 4.79 Å². The smallest absolute Gasteiger partial charge is 0.341 e. The van der Waals surface area contributed by atoms with E-state index in [0.29, 0.717) is 39.2 Å². The number of hydrogen-bond acceptors (Lipinski definition) is 5. The molecule has 0 radical (unpaired) electrons. The van der Waals surface area contributed by atoms with Gasteiger partial charge in [-0.1, -0.05) is 41.4 Å². The van der Waals surface area contributed by atoms with E-state index < -0.39 is 5.97 Å². The highest BCUT2D eigenvalue weighted by molar-refractivity contribution is 6.32. The van der Waals surface area contributed by atoms with Crippen LogP contribution < -0.4 is 9.47 Å². The maximum absolute atomic E-state index is 12.3. The lowest BCUT2D eigenvalue weighted by Gasteiger charge is -2.06. The van der Waals surface area contributed by atoms with Crippen molar-refractivity contribution in [1.82, 2.24) is 9.78 Å². The van der Waals surface area contributed by atoms with Crippen LogP contribution in [0.3, 0.4) is 0 Å². The molecule has 1 aliphatic rings. The second-order valence-corrected chi connectivity index (χ2v) is 6.72. The molecule has 6 nitrogen and oxygen atoms in total. The van der Waals surface area contributed by atoms with Crippen molar-refractivity contribution < 1.29 is 19.0 Å². The summed E-state index contributed by atoms with van der Waals surface area (Å²) in [4.78, 5) is 12.3. The Bertz CT molecular complexity index is 1000. The standard InChI is InChI=1S/C19H14Cl2N2O4/c20-15-4-2-1-3-13(15)8-23-9-14(7-22-23)19(24)25-10-12-5-16(21)18-17(6-12)26-11-27-18/h1-7,9H,8,10-11H2. The average Bonchev–Trinajstić information content (AvgIpc) is 3.31. The molecule has 138 valence electrons. The van der Waals surface area contributed by atoms with Gasteiger partial charge in [-0.3, -0.25) is 4.68 Å². The van der Waals surface area contributed by atoms with E-state index in [1.54, 1.807) is 23.0 Å². The van der Waals surface area contributed by atoms with Gasteiger partial charge in [0.1, 0.15) is 6.61 Å². The largest absolute Gasteiger partial charge is 0.457 e. The zero-order chi connectivity index (χ0) is 18.8. The van der Waals surface area contributed by atoms with Crippen molar-refractivity contribution in [3.63, 3.8) is 0 Å². The van der Waals surface area contributed by atoms with Crippen LogP contribution in [0.15, 0.2) is 48.8 Å². The third kappa shape index (κ3) is 3.86. The molecule has 0 bridgehead atoms. The van der Waals surface area contributed by atoms with Crippen molar-refractivity contribution in [2.75, 3.05) is 6.79 Å². The third-order valence-electron chi connectivity index (χ3n) is 4.02. The minimum atomic E-state index is -0.478. The van der Waals surface area contributed by atoms with Gasteiger partial charge in [0.2, 0.25) is 6.79 Å². The van der Waals surface area contributed by atoms with Crippen molar-refractivity contribution in [2.24, 2.45) is 0 Å². The van der Waals surface area contributed by atoms with Gasteiger partial charge in [-0.25, -0.2) is 4.79 Å². The van der Waals surface area contributed by atoms with Crippen molar-refractivity contribution in [1.29, 1.82) is 0 Å². The SMILES string of the molecule is O=C(OCc1cc(Cl)c2c(c1)OCO2)c1cnn(Cc2ccccc2Cl)c1. The molecule has 0 N–H and O–H groups in total. The van der Waals surface area contributed by atoms with Crippen LogP contribution in [0, 0.1) is 0 Å². The average molecular weight is 405 g/mol. The quantitative estimate of drug-likeness (QED) is 0.592. The van der Waals surface area contributed by atoms with E-state index in [4.69, 9.17) is 37.4 Å². The lowest BCUT2D eigenvalue weighted by molar-refractivity contribution is 0.0472. The molecule has 2 aromatic carbocycles. The van der Waals surface area contributed by atoms with Crippen LogP contribution in [0.4, 0.5) is 0 Å². The molecule has 0 atom stereocenters. The Morgan fingerprint density at radius 1 is 1.19 bits per heavy atom. The van der Waals surface area contributed by atoms with Crippen LogP contribution in [-0.4, -0.2) is 22.5 Å². The number of rotatable bonds is 5. The zero-order valence-electron chi connectivity index (χ0n) is 14.0. The molecular formula is C19H14Cl2N2O4. The van der Waals surface area contributed by atoms with Gasteiger partial charge in [0, 0.05) is 11.2 Å². The van der Waals surface area contributed by atoms with Crippen LogP contribution in [0.2, 0.25) is 10.0 Å². The number of aromatic nitrogens is 2. The van der Waals surface area contributed by atoms with Crippen LogP contribution in [-0.2, 0) is 17.9 Å². The molecule has 0 spiro atoms. The van der Waals surface area contributed by atoms with Crippen LogP contribution in [0.5, 0.6) is 11.5 Å². The first-order valence-electron chi connectivity index (χ1n) is 8.11. The number of hydrogen-bond donors (Lipinski definition) is 0. The molecule has 8 heteroatoms. The van der Waals surface area contributed by atoms with Crippen molar-refractivity contribution in [3.8, 4) is 11.5 Å². The van der Waals surface area contributed by atoms with Crippen molar-refractivity contribution in [3.05, 3.63) is 75.5 Å². The maximum Gasteiger partial charge on any atom is 0.341 e. The van der Waals surface area contributed by atoms with E-state index in [1.165, 1.54) is 6.20 Å². The molecule has 0 saturated heterocycles. The van der Waals surface area contributed by atoms with Gasteiger partial charge in [-0.05, 0) is 29.3 Å². The molecule has 4 rings (SSSR count). The fourth-order valence-corrected chi connectivity index (χ4v) is 3.18. The number of esters is 1. The summed E-state index contributed by atoms with van der Waals surface area (Å²) in [6.07, 6.45) is 3.09. The molecule has 1 aromatic heterocycles. The van der Waals surface area contributed by atoms with Gasteiger partial charge in [-0.15, -0.1) is 0 Å². The third-order valence-corrected chi connectivity index (χ3v) is 4.67. The van der Waals surface area contributed by atoms with Crippen LogP contribution >= 0.6 is 23.2 Å². The highest BCUT2D eigenvalue weighted by Crippen LogP contribution is 2.39. The fraction of sp³-hybridized carbons (Fsp3) is 0.158. The molecule has 0 aliphatic carbocycles. The summed E-state index contributed by atoms with van der Waals surface area (Å²) in [5.41, 5.74) is 1.98. The Kier molecular flexibility index (Phi) is 4.92. The molecule has 0 unspecified atom stereocenters. The lowest BCUT2D eigenvalue weighted by atomic mass is 10.2. The van der Waals surface area contributed by atoms with E-state index in [1.807, 2.05) is 24.3 Å². The summed E-state index contributed by atoms with van der Waals surface area (Å²) in [6.45, 7) is 0.651. The maximum atomic E-state index is 12.3. The Hall–Kier alpha value is -2.70. The number of fused-ring (bicyclic) bond motifs is 1. The summed E-state index contributed by atoms with van der Waals surface area (Å²) in [6, 6.07) is 10.9. The molecule has 2 heterocycles. The monoisotopic (exact) mass is 404 g/mol. The molecule has 3 aromatic rings. The molecular weight excluding hydrogens is 391 g/mol. The van der Waals surface area contributed by atoms with Gasteiger partial charge in [0.05, 0.1) is 23.3 Å². The van der Waals surface area contributed by atoms with E-state index in [0.717, 1.165) is 5.56 Å². The van der Waals surface area contributed by atoms with Gasteiger partial charge < -0.3 is 14.2 Å². The number of ether oxygens (including phenoxy) is 3. The first-order chi connectivity index (χ1) is 13.1. The topological polar surface area (TPSA) is 62.6 Å². The highest BCUT2D eigenvalue weighted by atomic mass is 35.5. The van der Waals surface area contributed by atoms with E-state index in [-0.39, 0.29) is 13.4 Å². The van der Waals surface area contributed by atoms with E-state index in [2.05, 4.69) is 5.10 Å². The lowest BCUT2D eigenvalue weighted by Crippen LogP contribution is -2.05. The summed E-state index contributed by atoms with van der Waals surface area (Å²) < 4.78 is 17.5.